The molecule has 0 radical (unpaired) electrons. The molecule has 1 fully saturated rings. The SMILES string of the molecule is Cc1cc(NS(=O)(=O)NC2CC2)c(C)cc1O. The zero-order valence-electron chi connectivity index (χ0n) is 9.82. The van der Waals surface area contributed by atoms with Gasteiger partial charge in [0, 0.05) is 6.04 Å². The number of phenols is 1. The monoisotopic (exact) mass is 256 g/mol. The number of anilines is 1. The molecule has 3 N–H and O–H groups in total. The molecule has 0 atom stereocenters. The fraction of sp³-hybridized carbons (Fsp3) is 0.455. The summed E-state index contributed by atoms with van der Waals surface area (Å²) in [7, 11) is -3.51. The lowest BCUT2D eigenvalue weighted by atomic mass is 10.1. The number of aromatic hydroxyl groups is 1. The maximum absolute atomic E-state index is 11.7. The van der Waals surface area contributed by atoms with Gasteiger partial charge < -0.3 is 5.11 Å². The first-order valence-corrected chi connectivity index (χ1v) is 6.96. The topological polar surface area (TPSA) is 78.4 Å². The summed E-state index contributed by atoms with van der Waals surface area (Å²) in [5.74, 6) is 0.167. The molecule has 0 amide bonds. The highest BCUT2D eigenvalue weighted by molar-refractivity contribution is 7.90. The molecule has 1 aliphatic carbocycles. The van der Waals surface area contributed by atoms with E-state index in [-0.39, 0.29) is 11.8 Å². The molecule has 2 rings (SSSR count). The number of nitrogens with one attached hydrogen (secondary N) is 2. The zero-order chi connectivity index (χ0) is 12.6. The van der Waals surface area contributed by atoms with E-state index < -0.39 is 10.2 Å². The Labute approximate surface area is 101 Å². The Bertz CT molecular complexity index is 536. The van der Waals surface area contributed by atoms with E-state index in [1.54, 1.807) is 26.0 Å². The largest absolute Gasteiger partial charge is 0.508 e. The fourth-order valence-electron chi connectivity index (χ4n) is 1.51. The average Bonchev–Trinajstić information content (AvgIpc) is 2.96. The van der Waals surface area contributed by atoms with Crippen molar-refractivity contribution in [3.05, 3.63) is 23.3 Å². The lowest BCUT2D eigenvalue weighted by Crippen LogP contribution is -2.32. The molecule has 0 aromatic heterocycles. The Morgan fingerprint density at radius 3 is 2.47 bits per heavy atom. The lowest BCUT2D eigenvalue weighted by Gasteiger charge is -2.12. The van der Waals surface area contributed by atoms with Crippen molar-refractivity contribution in [1.82, 2.24) is 4.72 Å². The number of phenolic OH excluding ortho intramolecular Hbond substituents is 1. The number of hydrogen-bond donors (Lipinski definition) is 3. The van der Waals surface area contributed by atoms with Crippen molar-refractivity contribution in [2.75, 3.05) is 4.72 Å². The Morgan fingerprint density at radius 2 is 1.88 bits per heavy atom. The maximum Gasteiger partial charge on any atom is 0.299 e. The van der Waals surface area contributed by atoms with E-state index in [9.17, 15) is 13.5 Å². The van der Waals surface area contributed by atoms with Crippen LogP contribution in [0.5, 0.6) is 5.75 Å². The van der Waals surface area contributed by atoms with Crippen LogP contribution >= 0.6 is 0 Å². The normalized spacial score (nSPS) is 15.9. The van der Waals surface area contributed by atoms with E-state index in [1.165, 1.54) is 0 Å². The number of aryl methyl sites for hydroxylation is 2. The quantitative estimate of drug-likeness (QED) is 0.713. The Morgan fingerprint density at radius 1 is 1.24 bits per heavy atom. The molecule has 94 valence electrons. The second kappa shape index (κ2) is 4.19. The highest BCUT2D eigenvalue weighted by Gasteiger charge is 2.27. The van der Waals surface area contributed by atoms with Crippen LogP contribution in [0.15, 0.2) is 12.1 Å². The van der Waals surface area contributed by atoms with Crippen LogP contribution in [0.25, 0.3) is 0 Å². The van der Waals surface area contributed by atoms with E-state index in [2.05, 4.69) is 9.44 Å². The van der Waals surface area contributed by atoms with Gasteiger partial charge in [0.1, 0.15) is 5.75 Å². The van der Waals surface area contributed by atoms with Gasteiger partial charge in [-0.2, -0.15) is 13.1 Å². The number of benzene rings is 1. The van der Waals surface area contributed by atoms with Crippen LogP contribution in [0.3, 0.4) is 0 Å². The van der Waals surface area contributed by atoms with Gasteiger partial charge in [0.05, 0.1) is 5.69 Å². The van der Waals surface area contributed by atoms with Gasteiger partial charge in [0.15, 0.2) is 0 Å². The van der Waals surface area contributed by atoms with Gasteiger partial charge in [-0.25, -0.2) is 0 Å². The van der Waals surface area contributed by atoms with Crippen LogP contribution in [0.1, 0.15) is 24.0 Å². The fourth-order valence-corrected chi connectivity index (χ4v) is 2.75. The average molecular weight is 256 g/mol. The molecule has 1 aromatic rings. The predicted octanol–water partition coefficient (Wildman–Crippen LogP) is 1.42. The van der Waals surface area contributed by atoms with Crippen molar-refractivity contribution in [2.45, 2.75) is 32.7 Å². The summed E-state index contributed by atoms with van der Waals surface area (Å²) in [6.45, 7) is 3.47. The van der Waals surface area contributed by atoms with Crippen LogP contribution in [0, 0.1) is 13.8 Å². The highest BCUT2D eigenvalue weighted by atomic mass is 32.2. The third kappa shape index (κ3) is 3.10. The summed E-state index contributed by atoms with van der Waals surface area (Å²) in [5.41, 5.74) is 1.82. The molecule has 0 unspecified atom stereocenters. The molecule has 1 saturated carbocycles. The molecule has 17 heavy (non-hydrogen) atoms. The van der Waals surface area contributed by atoms with E-state index in [1.807, 2.05) is 0 Å². The maximum atomic E-state index is 11.7. The minimum absolute atomic E-state index is 0.0750. The minimum atomic E-state index is -3.51. The molecule has 0 saturated heterocycles. The third-order valence-electron chi connectivity index (χ3n) is 2.69. The van der Waals surface area contributed by atoms with E-state index >= 15 is 0 Å². The van der Waals surface area contributed by atoms with Crippen molar-refractivity contribution < 1.29 is 13.5 Å². The lowest BCUT2D eigenvalue weighted by molar-refractivity contribution is 0.471. The van der Waals surface area contributed by atoms with Crippen LogP contribution < -0.4 is 9.44 Å². The molecule has 0 spiro atoms. The van der Waals surface area contributed by atoms with Gasteiger partial charge in [0.2, 0.25) is 0 Å². The predicted molar refractivity (Wildman–Crippen MR) is 66.3 cm³/mol. The van der Waals surface area contributed by atoms with Crippen molar-refractivity contribution in [1.29, 1.82) is 0 Å². The first kappa shape index (κ1) is 12.2. The third-order valence-corrected chi connectivity index (χ3v) is 3.82. The first-order chi connectivity index (χ1) is 7.87. The van der Waals surface area contributed by atoms with Crippen LogP contribution in [-0.2, 0) is 10.2 Å². The second-order valence-corrected chi connectivity index (χ2v) is 5.90. The summed E-state index contributed by atoms with van der Waals surface area (Å²) in [6.07, 6.45) is 1.79. The van der Waals surface area contributed by atoms with Gasteiger partial charge in [-0.1, -0.05) is 0 Å². The molecule has 1 aromatic carbocycles. The standard InChI is InChI=1S/C11H16N2O3S/c1-7-6-11(14)8(2)5-10(7)13-17(15,16)12-9-3-4-9/h5-6,9,12-14H,3-4H2,1-2H3. The smallest absolute Gasteiger partial charge is 0.299 e. The highest BCUT2D eigenvalue weighted by Crippen LogP contribution is 2.26. The Balaban J connectivity index is 2.20. The van der Waals surface area contributed by atoms with E-state index in [0.717, 1.165) is 12.8 Å². The first-order valence-electron chi connectivity index (χ1n) is 5.48. The van der Waals surface area contributed by atoms with E-state index in [0.29, 0.717) is 16.8 Å². The summed E-state index contributed by atoms with van der Waals surface area (Å²) >= 11 is 0. The molecule has 0 aliphatic heterocycles. The molecule has 5 nitrogen and oxygen atoms in total. The molecule has 0 bridgehead atoms. The van der Waals surface area contributed by atoms with Crippen molar-refractivity contribution in [3.8, 4) is 5.75 Å². The molecular weight excluding hydrogens is 240 g/mol. The van der Waals surface area contributed by atoms with Crippen molar-refractivity contribution in [2.24, 2.45) is 0 Å². The van der Waals surface area contributed by atoms with Crippen LogP contribution in [0.4, 0.5) is 5.69 Å². The van der Waals surface area contributed by atoms with Gasteiger partial charge >= 0.3 is 0 Å². The second-order valence-electron chi connectivity index (χ2n) is 4.45. The molecular formula is C11H16N2O3S. The van der Waals surface area contributed by atoms with Gasteiger partial charge in [-0.3, -0.25) is 4.72 Å². The summed E-state index contributed by atoms with van der Waals surface area (Å²) in [4.78, 5) is 0. The number of rotatable bonds is 4. The minimum Gasteiger partial charge on any atom is -0.508 e. The van der Waals surface area contributed by atoms with Crippen molar-refractivity contribution >= 4 is 15.9 Å². The molecule has 6 heteroatoms. The summed E-state index contributed by atoms with van der Waals surface area (Å²) in [6, 6.07) is 3.24. The Hall–Kier alpha value is -1.27. The summed E-state index contributed by atoms with van der Waals surface area (Å²) in [5, 5.41) is 9.49. The van der Waals surface area contributed by atoms with Gasteiger partial charge in [0.25, 0.3) is 10.2 Å². The van der Waals surface area contributed by atoms with Crippen LogP contribution in [-0.4, -0.2) is 19.6 Å². The Kier molecular flexibility index (Phi) is 3.01. The number of hydrogen-bond acceptors (Lipinski definition) is 3. The molecule has 0 heterocycles. The van der Waals surface area contributed by atoms with Crippen molar-refractivity contribution in [3.63, 3.8) is 0 Å². The molecule has 1 aliphatic rings. The summed E-state index contributed by atoms with van der Waals surface area (Å²) < 4.78 is 28.4. The van der Waals surface area contributed by atoms with Crippen LogP contribution in [0.2, 0.25) is 0 Å². The van der Waals surface area contributed by atoms with Gasteiger partial charge in [-0.15, -0.1) is 0 Å². The van der Waals surface area contributed by atoms with Gasteiger partial charge in [-0.05, 0) is 49.9 Å². The zero-order valence-corrected chi connectivity index (χ0v) is 10.6. The van der Waals surface area contributed by atoms with E-state index in [4.69, 9.17) is 0 Å².